The van der Waals surface area contributed by atoms with Crippen LogP contribution in [-0.4, -0.2) is 11.6 Å². The van der Waals surface area contributed by atoms with Gasteiger partial charge in [-0.1, -0.05) is 29.8 Å². The molecular weight excluding hydrogens is 210 g/mol. The van der Waals surface area contributed by atoms with E-state index >= 15 is 0 Å². The fourth-order valence-corrected chi connectivity index (χ4v) is 1.65. The Balaban J connectivity index is 2.43. The molecule has 1 aromatic carbocycles. The van der Waals surface area contributed by atoms with E-state index < -0.39 is 0 Å². The van der Waals surface area contributed by atoms with Crippen molar-refractivity contribution in [2.45, 2.75) is 13.5 Å². The molecule has 3 heteroatoms. The Bertz CT molecular complexity index is 470. The lowest BCUT2D eigenvalue weighted by Crippen LogP contribution is -1.95. The summed E-state index contributed by atoms with van der Waals surface area (Å²) in [4.78, 5) is 4.31. The monoisotopic (exact) mass is 221 g/mol. The van der Waals surface area contributed by atoms with Gasteiger partial charge in [0, 0.05) is 17.6 Å². The highest BCUT2D eigenvalue weighted by Gasteiger charge is 2.04. The van der Waals surface area contributed by atoms with E-state index in [2.05, 4.69) is 4.98 Å². The molecule has 0 saturated heterocycles. The van der Waals surface area contributed by atoms with E-state index in [1.165, 1.54) is 0 Å². The standard InChI is InChI=1S/C12H12ClNO/c1-2-15-8-10-7-9-5-3-4-6-11(9)14-12(10)13/h3-7H,2,8H2,1H3. The Morgan fingerprint density at radius 1 is 1.33 bits per heavy atom. The minimum atomic E-state index is 0.521. The molecule has 0 unspecified atom stereocenters. The fraction of sp³-hybridized carbons (Fsp3) is 0.250. The van der Waals surface area contributed by atoms with Gasteiger partial charge in [-0.3, -0.25) is 0 Å². The highest BCUT2D eigenvalue weighted by Crippen LogP contribution is 2.20. The summed E-state index contributed by atoms with van der Waals surface area (Å²) in [6.45, 7) is 3.17. The quantitative estimate of drug-likeness (QED) is 0.741. The molecule has 0 fully saturated rings. The molecule has 0 radical (unpaired) electrons. The molecule has 0 N–H and O–H groups in total. The molecule has 0 atom stereocenters. The van der Waals surface area contributed by atoms with Crippen molar-refractivity contribution >= 4 is 22.5 Å². The van der Waals surface area contributed by atoms with Crippen molar-refractivity contribution in [3.05, 3.63) is 41.0 Å². The van der Waals surface area contributed by atoms with E-state index in [1.807, 2.05) is 37.3 Å². The first-order valence-electron chi connectivity index (χ1n) is 4.93. The van der Waals surface area contributed by atoms with Gasteiger partial charge < -0.3 is 4.74 Å². The van der Waals surface area contributed by atoms with Crippen molar-refractivity contribution < 1.29 is 4.74 Å². The summed E-state index contributed by atoms with van der Waals surface area (Å²) >= 11 is 6.05. The lowest BCUT2D eigenvalue weighted by molar-refractivity contribution is 0.134. The highest BCUT2D eigenvalue weighted by molar-refractivity contribution is 6.30. The van der Waals surface area contributed by atoms with Crippen LogP contribution in [0, 0.1) is 0 Å². The Labute approximate surface area is 93.8 Å². The molecule has 2 aromatic rings. The fourth-order valence-electron chi connectivity index (χ4n) is 1.45. The molecule has 1 aromatic heterocycles. The zero-order valence-electron chi connectivity index (χ0n) is 8.53. The number of ether oxygens (including phenoxy) is 1. The van der Waals surface area contributed by atoms with Crippen LogP contribution in [0.3, 0.4) is 0 Å². The van der Waals surface area contributed by atoms with Gasteiger partial charge in [-0.2, -0.15) is 0 Å². The number of hydrogen-bond acceptors (Lipinski definition) is 2. The average molecular weight is 222 g/mol. The third kappa shape index (κ3) is 2.28. The molecule has 0 amide bonds. The van der Waals surface area contributed by atoms with E-state index in [9.17, 15) is 0 Å². The minimum Gasteiger partial charge on any atom is -0.377 e. The number of hydrogen-bond donors (Lipinski definition) is 0. The molecule has 0 spiro atoms. The van der Waals surface area contributed by atoms with Gasteiger partial charge in [0.2, 0.25) is 0 Å². The summed E-state index contributed by atoms with van der Waals surface area (Å²) in [5.41, 5.74) is 1.86. The lowest BCUT2D eigenvalue weighted by atomic mass is 10.2. The maximum atomic E-state index is 6.05. The molecule has 0 aliphatic carbocycles. The van der Waals surface area contributed by atoms with E-state index in [4.69, 9.17) is 16.3 Å². The first kappa shape index (κ1) is 10.4. The van der Waals surface area contributed by atoms with Gasteiger partial charge in [-0.05, 0) is 19.1 Å². The van der Waals surface area contributed by atoms with Crippen molar-refractivity contribution in [3.8, 4) is 0 Å². The van der Waals surface area contributed by atoms with Gasteiger partial charge in [0.25, 0.3) is 0 Å². The van der Waals surface area contributed by atoms with Crippen LogP contribution in [0.25, 0.3) is 10.9 Å². The lowest BCUT2D eigenvalue weighted by Gasteiger charge is -2.05. The number of rotatable bonds is 3. The molecule has 0 aliphatic heterocycles. The average Bonchev–Trinajstić information content (AvgIpc) is 2.26. The van der Waals surface area contributed by atoms with Crippen molar-refractivity contribution in [3.63, 3.8) is 0 Å². The Morgan fingerprint density at radius 2 is 2.13 bits per heavy atom. The number of halogens is 1. The van der Waals surface area contributed by atoms with Crippen molar-refractivity contribution in [2.75, 3.05) is 6.61 Å². The van der Waals surface area contributed by atoms with Gasteiger partial charge in [-0.25, -0.2) is 4.98 Å². The first-order chi connectivity index (χ1) is 7.31. The molecule has 2 nitrogen and oxygen atoms in total. The molecule has 0 bridgehead atoms. The second-order valence-corrected chi connectivity index (χ2v) is 3.63. The molecular formula is C12H12ClNO. The normalized spacial score (nSPS) is 10.8. The molecule has 78 valence electrons. The van der Waals surface area contributed by atoms with Crippen LogP contribution in [0.2, 0.25) is 5.15 Å². The predicted octanol–water partition coefficient (Wildman–Crippen LogP) is 3.42. The minimum absolute atomic E-state index is 0.521. The summed E-state index contributed by atoms with van der Waals surface area (Å²) in [5.74, 6) is 0. The number of fused-ring (bicyclic) bond motifs is 1. The molecule has 0 aliphatic rings. The molecule has 2 rings (SSSR count). The van der Waals surface area contributed by atoms with E-state index in [-0.39, 0.29) is 0 Å². The second-order valence-electron chi connectivity index (χ2n) is 3.27. The van der Waals surface area contributed by atoms with E-state index in [1.54, 1.807) is 0 Å². The maximum absolute atomic E-state index is 6.05. The third-order valence-electron chi connectivity index (χ3n) is 2.21. The Hall–Kier alpha value is -1.12. The SMILES string of the molecule is CCOCc1cc2ccccc2nc1Cl. The highest BCUT2D eigenvalue weighted by atomic mass is 35.5. The van der Waals surface area contributed by atoms with Crippen molar-refractivity contribution in [1.29, 1.82) is 0 Å². The van der Waals surface area contributed by atoms with Crippen LogP contribution in [0.5, 0.6) is 0 Å². The van der Waals surface area contributed by atoms with Gasteiger partial charge in [0.05, 0.1) is 12.1 Å². The van der Waals surface area contributed by atoms with Crippen LogP contribution < -0.4 is 0 Å². The molecule has 1 heterocycles. The zero-order valence-corrected chi connectivity index (χ0v) is 9.29. The summed E-state index contributed by atoms with van der Waals surface area (Å²) in [7, 11) is 0. The van der Waals surface area contributed by atoms with Gasteiger partial charge in [0.1, 0.15) is 5.15 Å². The van der Waals surface area contributed by atoms with Crippen molar-refractivity contribution in [2.24, 2.45) is 0 Å². The third-order valence-corrected chi connectivity index (χ3v) is 2.54. The van der Waals surface area contributed by atoms with Crippen LogP contribution in [0.4, 0.5) is 0 Å². The first-order valence-corrected chi connectivity index (χ1v) is 5.31. The van der Waals surface area contributed by atoms with Gasteiger partial charge in [-0.15, -0.1) is 0 Å². The summed E-state index contributed by atoms with van der Waals surface area (Å²) < 4.78 is 5.32. The van der Waals surface area contributed by atoms with Crippen LogP contribution in [0.15, 0.2) is 30.3 Å². The number of para-hydroxylation sites is 1. The second kappa shape index (κ2) is 4.60. The number of pyridine rings is 1. The topological polar surface area (TPSA) is 22.1 Å². The smallest absolute Gasteiger partial charge is 0.135 e. The summed E-state index contributed by atoms with van der Waals surface area (Å²) in [6, 6.07) is 9.94. The van der Waals surface area contributed by atoms with E-state index in [0.29, 0.717) is 18.4 Å². The van der Waals surface area contributed by atoms with Gasteiger partial charge >= 0.3 is 0 Å². The molecule has 15 heavy (non-hydrogen) atoms. The predicted molar refractivity (Wildman–Crippen MR) is 62.1 cm³/mol. The summed E-state index contributed by atoms with van der Waals surface area (Å²) in [6.07, 6.45) is 0. The van der Waals surface area contributed by atoms with Crippen molar-refractivity contribution in [1.82, 2.24) is 4.98 Å². The van der Waals surface area contributed by atoms with Crippen LogP contribution >= 0.6 is 11.6 Å². The number of nitrogens with zero attached hydrogens (tertiary/aromatic N) is 1. The van der Waals surface area contributed by atoms with E-state index in [0.717, 1.165) is 16.5 Å². The number of aromatic nitrogens is 1. The largest absolute Gasteiger partial charge is 0.377 e. The maximum Gasteiger partial charge on any atom is 0.135 e. The van der Waals surface area contributed by atoms with Gasteiger partial charge in [0.15, 0.2) is 0 Å². The number of benzene rings is 1. The molecule has 0 saturated carbocycles. The van der Waals surface area contributed by atoms with Crippen LogP contribution in [0.1, 0.15) is 12.5 Å². The Morgan fingerprint density at radius 3 is 2.93 bits per heavy atom. The Kier molecular flexibility index (Phi) is 3.19. The summed E-state index contributed by atoms with van der Waals surface area (Å²) in [5, 5.41) is 1.62. The van der Waals surface area contributed by atoms with Crippen LogP contribution in [-0.2, 0) is 11.3 Å². The zero-order chi connectivity index (χ0) is 10.7.